The SMILES string of the molecule is CCC(C(=O)O)N(C)C(=O)C(CC(C)(C)C)NC(=O)OCC1c2ccccc2-c2ccccc21. The van der Waals surface area contributed by atoms with Gasteiger partial charge in [-0.2, -0.15) is 0 Å². The summed E-state index contributed by atoms with van der Waals surface area (Å²) in [5, 5.41) is 12.1. The van der Waals surface area contributed by atoms with Crippen LogP contribution in [0.1, 0.15) is 57.6 Å². The van der Waals surface area contributed by atoms with E-state index in [-0.39, 0.29) is 24.4 Å². The molecular formula is C27H34N2O5. The number of carbonyl (C=O) groups is 3. The van der Waals surface area contributed by atoms with Crippen molar-refractivity contribution in [1.29, 1.82) is 0 Å². The van der Waals surface area contributed by atoms with Gasteiger partial charge in [0.1, 0.15) is 18.7 Å². The summed E-state index contributed by atoms with van der Waals surface area (Å²) in [6.45, 7) is 7.72. The first-order valence-corrected chi connectivity index (χ1v) is 11.6. The number of likely N-dealkylation sites (N-methyl/N-ethyl adjacent to an activating group) is 1. The Bertz CT molecular complexity index is 1010. The highest BCUT2D eigenvalue weighted by Gasteiger charge is 2.34. The fourth-order valence-electron chi connectivity index (χ4n) is 4.61. The molecule has 2 amide bonds. The molecule has 3 rings (SSSR count). The minimum atomic E-state index is -1.08. The summed E-state index contributed by atoms with van der Waals surface area (Å²) in [6.07, 6.45) is -0.0810. The van der Waals surface area contributed by atoms with Gasteiger partial charge in [-0.3, -0.25) is 4.79 Å². The molecule has 0 saturated heterocycles. The number of aliphatic carboxylic acids is 1. The van der Waals surface area contributed by atoms with Crippen LogP contribution < -0.4 is 5.32 Å². The number of hydrogen-bond acceptors (Lipinski definition) is 4. The Morgan fingerprint density at radius 1 is 1.03 bits per heavy atom. The van der Waals surface area contributed by atoms with Crippen molar-refractivity contribution in [2.45, 2.75) is 58.5 Å². The third-order valence-corrected chi connectivity index (χ3v) is 6.24. The van der Waals surface area contributed by atoms with Gasteiger partial charge in [-0.25, -0.2) is 9.59 Å². The van der Waals surface area contributed by atoms with Crippen LogP contribution in [0.25, 0.3) is 11.1 Å². The normalized spacial score (nSPS) is 14.5. The third-order valence-electron chi connectivity index (χ3n) is 6.24. The molecule has 7 nitrogen and oxygen atoms in total. The lowest BCUT2D eigenvalue weighted by Gasteiger charge is -2.31. The molecule has 34 heavy (non-hydrogen) atoms. The molecule has 2 aromatic rings. The zero-order chi connectivity index (χ0) is 25.0. The van der Waals surface area contributed by atoms with Crippen LogP contribution in [0.4, 0.5) is 4.79 Å². The summed E-state index contributed by atoms with van der Waals surface area (Å²) in [5.74, 6) is -1.61. The molecule has 0 aromatic heterocycles. The van der Waals surface area contributed by atoms with E-state index in [2.05, 4.69) is 17.4 Å². The molecule has 2 atom stereocenters. The van der Waals surface area contributed by atoms with Crippen molar-refractivity contribution in [3.63, 3.8) is 0 Å². The van der Waals surface area contributed by atoms with Crippen LogP contribution in [0.5, 0.6) is 0 Å². The molecule has 1 aliphatic rings. The number of nitrogens with zero attached hydrogens (tertiary/aromatic N) is 1. The maximum Gasteiger partial charge on any atom is 0.407 e. The number of nitrogens with one attached hydrogen (secondary N) is 1. The lowest BCUT2D eigenvalue weighted by atomic mass is 9.87. The predicted octanol–water partition coefficient (Wildman–Crippen LogP) is 4.65. The quantitative estimate of drug-likeness (QED) is 0.590. The van der Waals surface area contributed by atoms with E-state index in [0.29, 0.717) is 6.42 Å². The third kappa shape index (κ3) is 5.58. The van der Waals surface area contributed by atoms with E-state index in [1.807, 2.05) is 57.2 Å². The summed E-state index contributed by atoms with van der Waals surface area (Å²) in [5.41, 5.74) is 4.20. The zero-order valence-electron chi connectivity index (χ0n) is 20.5. The minimum Gasteiger partial charge on any atom is -0.480 e. The Labute approximate surface area is 201 Å². The number of fused-ring (bicyclic) bond motifs is 3. The molecule has 0 aliphatic heterocycles. The molecule has 0 saturated carbocycles. The Morgan fingerprint density at radius 3 is 2.03 bits per heavy atom. The molecule has 2 N–H and O–H groups in total. The van der Waals surface area contributed by atoms with Crippen molar-refractivity contribution in [2.75, 3.05) is 13.7 Å². The standard InChI is InChI=1S/C27H34N2O5/c1-6-23(25(31)32)29(5)24(30)22(15-27(2,3)4)28-26(33)34-16-21-19-13-9-7-11-17(19)18-12-8-10-14-20(18)21/h7-14,21-23H,6,15-16H2,1-5H3,(H,28,33)(H,31,32). The molecule has 0 spiro atoms. The predicted molar refractivity (Wildman–Crippen MR) is 131 cm³/mol. The van der Waals surface area contributed by atoms with Crippen LogP contribution in [-0.2, 0) is 14.3 Å². The van der Waals surface area contributed by atoms with Crippen molar-refractivity contribution < 1.29 is 24.2 Å². The summed E-state index contributed by atoms with van der Waals surface area (Å²) >= 11 is 0. The van der Waals surface area contributed by atoms with E-state index in [1.54, 1.807) is 6.92 Å². The smallest absolute Gasteiger partial charge is 0.407 e. The molecular weight excluding hydrogens is 432 g/mol. The maximum atomic E-state index is 13.1. The van der Waals surface area contributed by atoms with Gasteiger partial charge in [-0.05, 0) is 40.5 Å². The first kappa shape index (κ1) is 25.3. The molecule has 0 heterocycles. The van der Waals surface area contributed by atoms with Crippen LogP contribution in [0.2, 0.25) is 0 Å². The van der Waals surface area contributed by atoms with Crippen LogP contribution in [0.15, 0.2) is 48.5 Å². The lowest BCUT2D eigenvalue weighted by molar-refractivity contribution is -0.150. The van der Waals surface area contributed by atoms with Gasteiger partial charge in [0.15, 0.2) is 0 Å². The summed E-state index contributed by atoms with van der Waals surface area (Å²) in [4.78, 5) is 38.7. The second-order valence-electron chi connectivity index (χ2n) is 10.00. The number of benzene rings is 2. The summed E-state index contributed by atoms with van der Waals surface area (Å²) < 4.78 is 5.61. The van der Waals surface area contributed by atoms with Gasteiger partial charge in [0, 0.05) is 13.0 Å². The van der Waals surface area contributed by atoms with Crippen LogP contribution in [-0.4, -0.2) is 53.7 Å². The van der Waals surface area contributed by atoms with E-state index in [9.17, 15) is 19.5 Å². The molecule has 2 unspecified atom stereocenters. The van der Waals surface area contributed by atoms with Gasteiger partial charge in [-0.15, -0.1) is 0 Å². The highest BCUT2D eigenvalue weighted by molar-refractivity contribution is 5.89. The first-order valence-electron chi connectivity index (χ1n) is 11.6. The number of carboxylic acids is 1. The number of rotatable bonds is 8. The van der Waals surface area contributed by atoms with Gasteiger partial charge in [0.25, 0.3) is 0 Å². The van der Waals surface area contributed by atoms with Crippen molar-refractivity contribution in [2.24, 2.45) is 5.41 Å². The zero-order valence-corrected chi connectivity index (χ0v) is 20.5. The van der Waals surface area contributed by atoms with Crippen molar-refractivity contribution in [1.82, 2.24) is 10.2 Å². The number of amides is 2. The number of ether oxygens (including phenoxy) is 1. The van der Waals surface area contributed by atoms with E-state index in [1.165, 1.54) is 11.9 Å². The van der Waals surface area contributed by atoms with E-state index < -0.39 is 30.1 Å². The monoisotopic (exact) mass is 466 g/mol. The largest absolute Gasteiger partial charge is 0.480 e. The van der Waals surface area contributed by atoms with E-state index in [4.69, 9.17) is 4.74 Å². The Morgan fingerprint density at radius 2 is 1.56 bits per heavy atom. The first-order chi connectivity index (χ1) is 16.0. The average molecular weight is 467 g/mol. The fraction of sp³-hybridized carbons (Fsp3) is 0.444. The van der Waals surface area contributed by atoms with E-state index >= 15 is 0 Å². The molecule has 1 aliphatic carbocycles. The van der Waals surface area contributed by atoms with Crippen LogP contribution >= 0.6 is 0 Å². The van der Waals surface area contributed by atoms with Gasteiger partial charge in [-0.1, -0.05) is 76.2 Å². The Balaban J connectivity index is 1.73. The second kappa shape index (κ2) is 10.3. The fourth-order valence-corrected chi connectivity index (χ4v) is 4.61. The number of carbonyl (C=O) groups excluding carboxylic acids is 2. The minimum absolute atomic E-state index is 0.0888. The average Bonchev–Trinajstić information content (AvgIpc) is 3.09. The molecule has 0 fully saturated rings. The van der Waals surface area contributed by atoms with Gasteiger partial charge < -0.3 is 20.1 Å². The number of hydrogen-bond donors (Lipinski definition) is 2. The number of alkyl carbamates (subject to hydrolysis) is 1. The number of carboxylic acid groups (broad SMARTS) is 1. The highest BCUT2D eigenvalue weighted by atomic mass is 16.5. The molecule has 182 valence electrons. The lowest BCUT2D eigenvalue weighted by Crippen LogP contribution is -2.53. The highest BCUT2D eigenvalue weighted by Crippen LogP contribution is 2.44. The topological polar surface area (TPSA) is 95.9 Å². The second-order valence-corrected chi connectivity index (χ2v) is 10.00. The van der Waals surface area contributed by atoms with Gasteiger partial charge in [0.2, 0.25) is 5.91 Å². The molecule has 0 bridgehead atoms. The van der Waals surface area contributed by atoms with E-state index in [0.717, 1.165) is 22.3 Å². The Hall–Kier alpha value is -3.35. The van der Waals surface area contributed by atoms with Crippen LogP contribution in [0.3, 0.4) is 0 Å². The van der Waals surface area contributed by atoms with Gasteiger partial charge in [0.05, 0.1) is 0 Å². The summed E-state index contributed by atoms with van der Waals surface area (Å²) in [7, 11) is 1.46. The van der Waals surface area contributed by atoms with Crippen LogP contribution in [0, 0.1) is 5.41 Å². The maximum absolute atomic E-state index is 13.1. The molecule has 0 radical (unpaired) electrons. The Kier molecular flexibility index (Phi) is 7.64. The van der Waals surface area contributed by atoms with Crippen molar-refractivity contribution in [3.05, 3.63) is 59.7 Å². The van der Waals surface area contributed by atoms with Gasteiger partial charge >= 0.3 is 12.1 Å². The van der Waals surface area contributed by atoms with Crippen molar-refractivity contribution >= 4 is 18.0 Å². The van der Waals surface area contributed by atoms with Crippen molar-refractivity contribution in [3.8, 4) is 11.1 Å². The molecule has 7 heteroatoms. The summed E-state index contributed by atoms with van der Waals surface area (Å²) in [6, 6.07) is 14.3. The molecule has 2 aromatic carbocycles.